The smallest absolute Gasteiger partial charge is 0.130 e. The number of benzene rings is 9. The van der Waals surface area contributed by atoms with E-state index < -0.39 is 0 Å². The Balaban J connectivity index is 1.09. The van der Waals surface area contributed by atoms with Crippen LogP contribution in [0.4, 0.5) is 22.7 Å². The Hall–Kier alpha value is -7.82. The lowest BCUT2D eigenvalue weighted by Crippen LogP contribution is -2.25. The average Bonchev–Trinajstić information content (AvgIpc) is 3.92. The van der Waals surface area contributed by atoms with Gasteiger partial charge in [0.05, 0.1) is 28.1 Å². The number of anilines is 4. The van der Waals surface area contributed by atoms with Gasteiger partial charge in [0.15, 0.2) is 0 Å². The van der Waals surface area contributed by atoms with Crippen LogP contribution in [0, 0.1) is 0 Å². The van der Waals surface area contributed by atoms with E-state index in [9.17, 15) is 0 Å². The number of fused-ring (bicyclic) bond motifs is 4. The summed E-state index contributed by atoms with van der Waals surface area (Å²) in [5, 5.41) is 2.41. The molecular weight excluding hydrogens is 839 g/mol. The Morgan fingerprint density at radius 3 is 1.67 bits per heavy atom. The zero-order valence-electron chi connectivity index (χ0n) is 40.7. The molecule has 340 valence electrons. The van der Waals surface area contributed by atoms with Gasteiger partial charge < -0.3 is 19.1 Å². The second-order valence-electron chi connectivity index (χ2n) is 20.2. The fourth-order valence-corrected chi connectivity index (χ4v) is 10.5. The van der Waals surface area contributed by atoms with Gasteiger partial charge in [-0.15, -0.1) is 0 Å². The molecule has 0 fully saturated rings. The zero-order valence-corrected chi connectivity index (χ0v) is 40.7. The van der Waals surface area contributed by atoms with Crippen molar-refractivity contribution in [1.29, 1.82) is 0 Å². The molecular formula is C65H59N3O. The van der Waals surface area contributed by atoms with E-state index in [1.165, 1.54) is 66.5 Å². The summed E-state index contributed by atoms with van der Waals surface area (Å²) in [5.41, 5.74) is 19.1. The summed E-state index contributed by atoms with van der Waals surface area (Å²) < 4.78 is 9.61. The third-order valence-corrected chi connectivity index (χ3v) is 13.9. The van der Waals surface area contributed by atoms with Crippen molar-refractivity contribution < 1.29 is 4.74 Å². The van der Waals surface area contributed by atoms with E-state index in [2.05, 4.69) is 269 Å². The number of hydrogen-bond donors (Lipinski definition) is 0. The van der Waals surface area contributed by atoms with Crippen LogP contribution in [0.1, 0.15) is 77.0 Å². The van der Waals surface area contributed by atoms with Crippen LogP contribution in [0.3, 0.4) is 0 Å². The third-order valence-electron chi connectivity index (χ3n) is 13.9. The molecule has 0 saturated carbocycles. The molecule has 0 atom stereocenters. The van der Waals surface area contributed by atoms with Crippen molar-refractivity contribution in [2.24, 2.45) is 0 Å². The van der Waals surface area contributed by atoms with Crippen molar-refractivity contribution in [3.63, 3.8) is 0 Å². The van der Waals surface area contributed by atoms with Gasteiger partial charge in [0, 0.05) is 45.4 Å². The van der Waals surface area contributed by atoms with Crippen molar-refractivity contribution in [3.05, 3.63) is 223 Å². The van der Waals surface area contributed by atoms with E-state index in [0.29, 0.717) is 18.5 Å². The van der Waals surface area contributed by atoms with Crippen LogP contribution in [0.15, 0.2) is 206 Å². The summed E-state index contributed by atoms with van der Waals surface area (Å²) in [4.78, 5) is 4.98. The van der Waals surface area contributed by atoms with Crippen LogP contribution in [0.25, 0.3) is 60.9 Å². The molecule has 0 radical (unpaired) electrons. The standard InChI is InChI=1S/C65H59N3O/c1-43(2)53-28-19-29-54(44(3)4)63(53)47-37-50(40-52(38-47)69-51-35-36-58-57-27-14-15-32-59(57)68(62(58)41-51)49-26-18-25-48(39-49)65(5,6)7)66-42-67(61-34-17-16-33-60(61)66)64-55(45-21-10-8-11-22-45)30-20-31-56(64)46-23-12-9-13-24-46/h8-41,43-44H,42H2,1-7H3. The summed E-state index contributed by atoms with van der Waals surface area (Å²) in [7, 11) is 0. The minimum absolute atomic E-state index is 0.0116. The molecule has 9 aromatic carbocycles. The highest BCUT2D eigenvalue weighted by atomic mass is 16.5. The van der Waals surface area contributed by atoms with Crippen LogP contribution in [0.2, 0.25) is 0 Å². The molecule has 69 heavy (non-hydrogen) atoms. The summed E-state index contributed by atoms with van der Waals surface area (Å²) in [6.07, 6.45) is 0. The molecule has 0 bridgehead atoms. The summed E-state index contributed by atoms with van der Waals surface area (Å²) >= 11 is 0. The highest BCUT2D eigenvalue weighted by molar-refractivity contribution is 6.09. The van der Waals surface area contributed by atoms with Gasteiger partial charge >= 0.3 is 0 Å². The molecule has 0 saturated heterocycles. The number of ether oxygens (including phenoxy) is 1. The molecule has 0 amide bonds. The first-order valence-corrected chi connectivity index (χ1v) is 24.5. The van der Waals surface area contributed by atoms with Gasteiger partial charge in [0.1, 0.15) is 18.2 Å². The number of hydrogen-bond acceptors (Lipinski definition) is 3. The minimum Gasteiger partial charge on any atom is -0.457 e. The second-order valence-corrected chi connectivity index (χ2v) is 20.2. The molecule has 4 nitrogen and oxygen atoms in total. The van der Waals surface area contributed by atoms with E-state index in [1.807, 2.05) is 0 Å². The van der Waals surface area contributed by atoms with E-state index >= 15 is 0 Å². The lowest BCUT2D eigenvalue weighted by molar-refractivity contribution is 0.483. The predicted octanol–water partition coefficient (Wildman–Crippen LogP) is 18.4. The minimum atomic E-state index is 0.0116. The molecule has 1 aromatic heterocycles. The van der Waals surface area contributed by atoms with Gasteiger partial charge in [0.25, 0.3) is 0 Å². The Labute approximate surface area is 407 Å². The molecule has 2 heterocycles. The number of para-hydroxylation sites is 4. The largest absolute Gasteiger partial charge is 0.457 e. The second kappa shape index (κ2) is 17.7. The van der Waals surface area contributed by atoms with Gasteiger partial charge in [-0.1, -0.05) is 188 Å². The Kier molecular flexibility index (Phi) is 11.2. The fourth-order valence-electron chi connectivity index (χ4n) is 10.5. The lowest BCUT2D eigenvalue weighted by Gasteiger charge is -2.28. The van der Waals surface area contributed by atoms with Crippen molar-refractivity contribution >= 4 is 44.6 Å². The van der Waals surface area contributed by atoms with Crippen LogP contribution >= 0.6 is 0 Å². The van der Waals surface area contributed by atoms with Crippen molar-refractivity contribution in [3.8, 4) is 50.6 Å². The monoisotopic (exact) mass is 897 g/mol. The first-order valence-electron chi connectivity index (χ1n) is 24.5. The van der Waals surface area contributed by atoms with Crippen molar-refractivity contribution in [2.45, 2.75) is 65.7 Å². The lowest BCUT2D eigenvalue weighted by atomic mass is 9.85. The molecule has 4 heteroatoms. The maximum absolute atomic E-state index is 7.21. The molecule has 1 aliphatic rings. The molecule has 0 N–H and O–H groups in total. The maximum atomic E-state index is 7.21. The van der Waals surface area contributed by atoms with Gasteiger partial charge in [0.2, 0.25) is 0 Å². The highest BCUT2D eigenvalue weighted by Crippen LogP contribution is 2.51. The quantitative estimate of drug-likeness (QED) is 0.136. The van der Waals surface area contributed by atoms with E-state index in [0.717, 1.165) is 45.3 Å². The van der Waals surface area contributed by atoms with Crippen LogP contribution < -0.4 is 14.5 Å². The van der Waals surface area contributed by atoms with Gasteiger partial charge in [-0.05, 0) is 111 Å². The first kappa shape index (κ1) is 43.7. The van der Waals surface area contributed by atoms with Gasteiger partial charge in [-0.2, -0.15) is 0 Å². The maximum Gasteiger partial charge on any atom is 0.130 e. The van der Waals surface area contributed by atoms with Gasteiger partial charge in [-0.25, -0.2) is 0 Å². The molecule has 10 aromatic rings. The average molecular weight is 898 g/mol. The normalized spacial score (nSPS) is 12.7. The summed E-state index contributed by atoms with van der Waals surface area (Å²) in [6.45, 7) is 16.7. The third kappa shape index (κ3) is 8.04. The first-order chi connectivity index (χ1) is 33.5. The highest BCUT2D eigenvalue weighted by Gasteiger charge is 2.32. The van der Waals surface area contributed by atoms with E-state index in [-0.39, 0.29) is 5.41 Å². The van der Waals surface area contributed by atoms with E-state index in [4.69, 9.17) is 4.74 Å². The Morgan fingerprint density at radius 2 is 1.01 bits per heavy atom. The number of aromatic nitrogens is 1. The number of nitrogens with zero attached hydrogens (tertiary/aromatic N) is 3. The van der Waals surface area contributed by atoms with Crippen molar-refractivity contribution in [2.75, 3.05) is 16.5 Å². The van der Waals surface area contributed by atoms with Crippen LogP contribution in [-0.2, 0) is 5.41 Å². The molecule has 0 unspecified atom stereocenters. The Bertz CT molecular complexity index is 3420. The SMILES string of the molecule is CC(C)c1cccc(C(C)C)c1-c1cc(Oc2ccc3c4ccccc4n(-c4cccc(C(C)(C)C)c4)c3c2)cc(N2CN(c3c(-c4ccccc4)cccc3-c3ccccc3)c3ccccc32)c1. The fraction of sp³-hybridized carbons (Fsp3) is 0.169. The molecule has 11 rings (SSSR count). The van der Waals surface area contributed by atoms with Gasteiger partial charge in [-0.3, -0.25) is 0 Å². The summed E-state index contributed by atoms with van der Waals surface area (Å²) in [5.74, 6) is 2.22. The molecule has 0 aliphatic carbocycles. The van der Waals surface area contributed by atoms with Crippen LogP contribution in [-0.4, -0.2) is 11.2 Å². The van der Waals surface area contributed by atoms with Crippen LogP contribution in [0.5, 0.6) is 11.5 Å². The zero-order chi connectivity index (χ0) is 47.4. The topological polar surface area (TPSA) is 20.6 Å². The molecule has 1 aliphatic heterocycles. The number of rotatable bonds is 10. The molecule has 0 spiro atoms. The van der Waals surface area contributed by atoms with E-state index in [1.54, 1.807) is 0 Å². The van der Waals surface area contributed by atoms with Crippen molar-refractivity contribution in [1.82, 2.24) is 4.57 Å². The predicted molar refractivity (Wildman–Crippen MR) is 293 cm³/mol. The summed E-state index contributed by atoms with van der Waals surface area (Å²) in [6, 6.07) is 75.2. The Morgan fingerprint density at radius 1 is 0.435 bits per heavy atom.